The average molecular weight is 349 g/mol. The van der Waals surface area contributed by atoms with Crippen LogP contribution in [0.2, 0.25) is 0 Å². The van der Waals surface area contributed by atoms with Crippen molar-refractivity contribution in [3.05, 3.63) is 64.7 Å². The number of benzene rings is 2. The quantitative estimate of drug-likeness (QED) is 0.677. The maximum atomic E-state index is 12.3. The third-order valence-corrected chi connectivity index (χ3v) is 4.28. The van der Waals surface area contributed by atoms with Gasteiger partial charge in [-0.05, 0) is 35.9 Å². The van der Waals surface area contributed by atoms with Crippen molar-refractivity contribution in [2.45, 2.75) is 6.42 Å². The number of ketones is 1. The second-order valence-electron chi connectivity index (χ2n) is 6.09. The van der Waals surface area contributed by atoms with Crippen molar-refractivity contribution in [3.8, 4) is 5.75 Å². The van der Waals surface area contributed by atoms with Crippen LogP contribution >= 0.6 is 0 Å². The lowest BCUT2D eigenvalue weighted by Crippen LogP contribution is -2.20. The number of rotatable bonds is 4. The molecule has 1 amide bonds. The van der Waals surface area contributed by atoms with E-state index in [9.17, 15) is 14.4 Å². The standard InChI is InChI=1S/C20H15NO5/c22-17(12-5-6-16-14(7-12)9-19(23)21-16)11-26-20(24)15-8-13-3-1-2-4-18(13)25-10-15/h1-8H,9-11H2,(H,21,23). The number of esters is 1. The van der Waals surface area contributed by atoms with Crippen molar-refractivity contribution in [2.75, 3.05) is 18.5 Å². The van der Waals surface area contributed by atoms with Gasteiger partial charge in [-0.2, -0.15) is 0 Å². The molecular weight excluding hydrogens is 334 g/mol. The number of ether oxygens (including phenoxy) is 2. The van der Waals surface area contributed by atoms with E-state index in [2.05, 4.69) is 5.32 Å². The fourth-order valence-electron chi connectivity index (χ4n) is 2.94. The van der Waals surface area contributed by atoms with E-state index in [0.29, 0.717) is 22.6 Å². The summed E-state index contributed by atoms with van der Waals surface area (Å²) in [7, 11) is 0. The summed E-state index contributed by atoms with van der Waals surface area (Å²) in [6, 6.07) is 12.3. The predicted octanol–water partition coefficient (Wildman–Crippen LogP) is 2.38. The SMILES string of the molecule is O=C1Cc2cc(C(=O)COC(=O)C3=Cc4ccccc4OC3)ccc2N1. The molecule has 2 aromatic carbocycles. The Bertz CT molecular complexity index is 960. The minimum absolute atomic E-state index is 0.0967. The molecule has 0 radical (unpaired) electrons. The number of fused-ring (bicyclic) bond motifs is 2. The highest BCUT2D eigenvalue weighted by molar-refractivity contribution is 6.03. The van der Waals surface area contributed by atoms with Crippen LogP contribution in [0.4, 0.5) is 5.69 Å². The van der Waals surface area contributed by atoms with E-state index in [4.69, 9.17) is 9.47 Å². The van der Waals surface area contributed by atoms with Gasteiger partial charge in [-0.3, -0.25) is 9.59 Å². The van der Waals surface area contributed by atoms with Gasteiger partial charge in [-0.15, -0.1) is 0 Å². The average Bonchev–Trinajstić information content (AvgIpc) is 3.04. The molecule has 2 aliphatic heterocycles. The van der Waals surface area contributed by atoms with Crippen molar-refractivity contribution in [1.29, 1.82) is 0 Å². The number of carbonyl (C=O) groups excluding carboxylic acids is 3. The van der Waals surface area contributed by atoms with Crippen molar-refractivity contribution < 1.29 is 23.9 Å². The number of anilines is 1. The Hall–Kier alpha value is -3.41. The lowest BCUT2D eigenvalue weighted by molar-refractivity contribution is -0.138. The van der Waals surface area contributed by atoms with Crippen LogP contribution in [0.25, 0.3) is 6.08 Å². The van der Waals surface area contributed by atoms with Gasteiger partial charge in [0.05, 0.1) is 12.0 Å². The second kappa shape index (κ2) is 6.48. The zero-order valence-corrected chi connectivity index (χ0v) is 13.8. The van der Waals surface area contributed by atoms with E-state index in [1.807, 2.05) is 24.3 Å². The van der Waals surface area contributed by atoms with Crippen LogP contribution in [-0.4, -0.2) is 30.9 Å². The highest BCUT2D eigenvalue weighted by atomic mass is 16.5. The van der Waals surface area contributed by atoms with Crippen LogP contribution in [-0.2, 0) is 20.7 Å². The summed E-state index contributed by atoms with van der Waals surface area (Å²) in [5.74, 6) is -0.286. The number of hydrogen-bond acceptors (Lipinski definition) is 5. The zero-order valence-electron chi connectivity index (χ0n) is 13.8. The van der Waals surface area contributed by atoms with Gasteiger partial charge in [0.25, 0.3) is 0 Å². The summed E-state index contributed by atoms with van der Waals surface area (Å²) in [6.45, 7) is -0.255. The molecule has 0 aliphatic carbocycles. The highest BCUT2D eigenvalue weighted by Gasteiger charge is 2.21. The molecule has 0 aromatic heterocycles. The van der Waals surface area contributed by atoms with Crippen molar-refractivity contribution in [1.82, 2.24) is 0 Å². The van der Waals surface area contributed by atoms with Gasteiger partial charge in [-0.1, -0.05) is 18.2 Å². The summed E-state index contributed by atoms with van der Waals surface area (Å²) < 4.78 is 10.7. The second-order valence-corrected chi connectivity index (χ2v) is 6.09. The van der Waals surface area contributed by atoms with E-state index in [0.717, 1.165) is 11.1 Å². The molecule has 0 saturated carbocycles. The van der Waals surface area contributed by atoms with Crippen LogP contribution in [0.1, 0.15) is 21.5 Å². The highest BCUT2D eigenvalue weighted by Crippen LogP contribution is 2.26. The van der Waals surface area contributed by atoms with Gasteiger partial charge in [0.1, 0.15) is 12.4 Å². The first-order chi connectivity index (χ1) is 12.6. The van der Waals surface area contributed by atoms with Crippen molar-refractivity contribution >= 4 is 29.4 Å². The summed E-state index contributed by atoms with van der Waals surface area (Å²) in [4.78, 5) is 35.9. The molecular formula is C20H15NO5. The number of Topliss-reactive ketones (excluding diaryl/α,β-unsaturated/α-hetero) is 1. The molecule has 130 valence electrons. The summed E-state index contributed by atoms with van der Waals surface area (Å²) in [5, 5.41) is 2.71. The monoisotopic (exact) mass is 349 g/mol. The molecule has 0 unspecified atom stereocenters. The van der Waals surface area contributed by atoms with E-state index >= 15 is 0 Å². The number of para-hydroxylation sites is 1. The summed E-state index contributed by atoms with van der Waals surface area (Å²) in [5.41, 5.74) is 3.05. The van der Waals surface area contributed by atoms with Crippen LogP contribution in [0.5, 0.6) is 5.75 Å². The first-order valence-corrected chi connectivity index (χ1v) is 8.15. The molecule has 2 heterocycles. The molecule has 2 aliphatic rings. The Morgan fingerprint density at radius 3 is 2.88 bits per heavy atom. The van der Waals surface area contributed by atoms with Crippen LogP contribution in [0, 0.1) is 0 Å². The maximum Gasteiger partial charge on any atom is 0.337 e. The van der Waals surface area contributed by atoms with E-state index in [-0.39, 0.29) is 31.3 Å². The molecule has 0 saturated heterocycles. The Kier molecular flexibility index (Phi) is 4.01. The van der Waals surface area contributed by atoms with Crippen molar-refractivity contribution in [3.63, 3.8) is 0 Å². The maximum absolute atomic E-state index is 12.3. The van der Waals surface area contributed by atoms with E-state index in [1.165, 1.54) is 0 Å². The van der Waals surface area contributed by atoms with Gasteiger partial charge in [-0.25, -0.2) is 4.79 Å². The molecule has 6 heteroatoms. The summed E-state index contributed by atoms with van der Waals surface area (Å²) >= 11 is 0. The Labute approximate surface area is 149 Å². The lowest BCUT2D eigenvalue weighted by atomic mass is 10.1. The third kappa shape index (κ3) is 3.09. The minimum Gasteiger partial charge on any atom is -0.488 e. The third-order valence-electron chi connectivity index (χ3n) is 4.28. The number of amides is 1. The zero-order chi connectivity index (χ0) is 18.1. The van der Waals surface area contributed by atoms with Gasteiger partial charge in [0, 0.05) is 16.8 Å². The van der Waals surface area contributed by atoms with Gasteiger partial charge >= 0.3 is 5.97 Å². The fourth-order valence-corrected chi connectivity index (χ4v) is 2.94. The van der Waals surface area contributed by atoms with Crippen LogP contribution in [0.3, 0.4) is 0 Å². The number of carbonyl (C=O) groups is 3. The van der Waals surface area contributed by atoms with Gasteiger partial charge in [0.2, 0.25) is 5.91 Å². The first-order valence-electron chi connectivity index (χ1n) is 8.15. The Balaban J connectivity index is 1.41. The van der Waals surface area contributed by atoms with Crippen LogP contribution in [0.15, 0.2) is 48.0 Å². The predicted molar refractivity (Wildman–Crippen MR) is 94.0 cm³/mol. The molecule has 1 N–H and O–H groups in total. The molecule has 0 atom stereocenters. The normalized spacial score (nSPS) is 14.5. The van der Waals surface area contributed by atoms with Crippen molar-refractivity contribution in [2.24, 2.45) is 0 Å². The van der Waals surface area contributed by atoms with E-state index in [1.54, 1.807) is 24.3 Å². The first kappa shape index (κ1) is 16.1. The number of nitrogens with one attached hydrogen (secondary N) is 1. The van der Waals surface area contributed by atoms with Crippen LogP contribution < -0.4 is 10.1 Å². The molecule has 2 aromatic rings. The smallest absolute Gasteiger partial charge is 0.337 e. The Morgan fingerprint density at radius 2 is 2.00 bits per heavy atom. The fraction of sp³-hybridized carbons (Fsp3) is 0.150. The van der Waals surface area contributed by atoms with E-state index < -0.39 is 5.97 Å². The molecule has 0 bridgehead atoms. The molecule has 6 nitrogen and oxygen atoms in total. The largest absolute Gasteiger partial charge is 0.488 e. The molecule has 4 rings (SSSR count). The number of hydrogen-bond donors (Lipinski definition) is 1. The molecule has 26 heavy (non-hydrogen) atoms. The van der Waals surface area contributed by atoms with Gasteiger partial charge in [0.15, 0.2) is 12.4 Å². The lowest BCUT2D eigenvalue weighted by Gasteiger charge is -2.16. The molecule has 0 fully saturated rings. The topological polar surface area (TPSA) is 81.7 Å². The Morgan fingerprint density at radius 1 is 1.15 bits per heavy atom. The molecule has 0 spiro atoms. The summed E-state index contributed by atoms with van der Waals surface area (Å²) in [6.07, 6.45) is 1.96. The minimum atomic E-state index is -0.578. The van der Waals surface area contributed by atoms with Gasteiger partial charge < -0.3 is 14.8 Å².